The van der Waals surface area contributed by atoms with Gasteiger partial charge in [0.2, 0.25) is 5.91 Å². The van der Waals surface area contributed by atoms with Crippen molar-refractivity contribution in [1.29, 1.82) is 0 Å². The second kappa shape index (κ2) is 6.54. The first-order valence-electron chi connectivity index (χ1n) is 10.9. The van der Waals surface area contributed by atoms with Crippen LogP contribution >= 0.6 is 11.3 Å². The fourth-order valence-electron chi connectivity index (χ4n) is 6.53. The van der Waals surface area contributed by atoms with Crippen LogP contribution in [0.3, 0.4) is 0 Å². The average Bonchev–Trinajstić information content (AvgIpc) is 3.35. The highest BCUT2D eigenvalue weighted by Gasteiger charge is 2.58. The molecule has 4 aliphatic rings. The number of amides is 1. The van der Waals surface area contributed by atoms with E-state index in [4.69, 9.17) is 9.72 Å². The van der Waals surface area contributed by atoms with Crippen molar-refractivity contribution in [1.82, 2.24) is 4.98 Å². The molecule has 1 aliphatic heterocycles. The fourth-order valence-corrected chi connectivity index (χ4v) is 7.79. The van der Waals surface area contributed by atoms with Gasteiger partial charge < -0.3 is 10.1 Å². The highest BCUT2D eigenvalue weighted by atomic mass is 32.1. The molecule has 0 radical (unpaired) electrons. The predicted octanol–water partition coefficient (Wildman–Crippen LogP) is 4.53. The maximum absolute atomic E-state index is 12.5. The smallest absolute Gasteiger partial charge is 0.309 e. The summed E-state index contributed by atoms with van der Waals surface area (Å²) in [6.07, 6.45) is 7.50. The molecule has 152 valence electrons. The van der Waals surface area contributed by atoms with Gasteiger partial charge in [0, 0.05) is 28.5 Å². The third-order valence-electron chi connectivity index (χ3n) is 8.11. The van der Waals surface area contributed by atoms with Gasteiger partial charge in [-0.05, 0) is 37.5 Å². The summed E-state index contributed by atoms with van der Waals surface area (Å²) in [7, 11) is 0. The maximum atomic E-state index is 12.5. The van der Waals surface area contributed by atoms with Gasteiger partial charge in [0.1, 0.15) is 6.10 Å². The Kier molecular flexibility index (Phi) is 4.34. The molecule has 1 saturated heterocycles. The van der Waals surface area contributed by atoms with Crippen molar-refractivity contribution in [3.63, 3.8) is 0 Å². The minimum Gasteiger partial charge on any atom is -0.461 e. The summed E-state index contributed by atoms with van der Waals surface area (Å²) < 4.78 is 5.90. The number of anilines is 1. The third-order valence-corrected chi connectivity index (χ3v) is 9.10. The molecule has 3 aliphatic carbocycles. The zero-order valence-electron chi connectivity index (χ0n) is 17.0. The summed E-state index contributed by atoms with van der Waals surface area (Å²) in [5, 5.41) is 3.85. The SMILES string of the molecule is C[C@@H]1C(=O)O[C@@H]2[C@H]1CC[C@]1(C)Cc3sc(NC(=O)C4CCCC4)nc3[C@H](C)[C@H]21. The van der Waals surface area contributed by atoms with Crippen LogP contribution < -0.4 is 5.32 Å². The quantitative estimate of drug-likeness (QED) is 0.738. The van der Waals surface area contributed by atoms with Crippen molar-refractivity contribution in [3.05, 3.63) is 10.6 Å². The van der Waals surface area contributed by atoms with E-state index < -0.39 is 0 Å². The van der Waals surface area contributed by atoms with E-state index in [1.165, 1.54) is 4.88 Å². The summed E-state index contributed by atoms with van der Waals surface area (Å²) in [5.74, 6) is 1.17. The molecule has 6 heteroatoms. The van der Waals surface area contributed by atoms with Crippen LogP contribution in [0.4, 0.5) is 5.13 Å². The number of hydrogen-bond donors (Lipinski definition) is 1. The molecule has 2 saturated carbocycles. The van der Waals surface area contributed by atoms with Gasteiger partial charge in [-0.2, -0.15) is 0 Å². The molecule has 0 aromatic carbocycles. The number of thiazole rings is 1. The fraction of sp³-hybridized carbons (Fsp3) is 0.773. The number of ether oxygens (including phenoxy) is 1. The minimum absolute atomic E-state index is 0.0137. The number of aromatic nitrogens is 1. The number of nitrogens with zero attached hydrogens (tertiary/aromatic N) is 1. The van der Waals surface area contributed by atoms with E-state index in [0.717, 1.165) is 55.8 Å². The molecule has 5 rings (SSSR count). The Morgan fingerprint density at radius 2 is 1.96 bits per heavy atom. The zero-order valence-corrected chi connectivity index (χ0v) is 17.8. The van der Waals surface area contributed by atoms with Crippen molar-refractivity contribution in [2.45, 2.75) is 77.7 Å². The lowest BCUT2D eigenvalue weighted by atomic mass is 9.54. The van der Waals surface area contributed by atoms with E-state index in [1.807, 2.05) is 6.92 Å². The lowest BCUT2D eigenvalue weighted by molar-refractivity contribution is -0.149. The van der Waals surface area contributed by atoms with Gasteiger partial charge in [0.15, 0.2) is 5.13 Å². The molecule has 1 N–H and O–H groups in total. The van der Waals surface area contributed by atoms with Gasteiger partial charge in [-0.25, -0.2) is 4.98 Å². The Hall–Kier alpha value is -1.43. The monoisotopic (exact) mass is 402 g/mol. The molecular formula is C22H30N2O3S. The van der Waals surface area contributed by atoms with Gasteiger partial charge in [-0.3, -0.25) is 9.59 Å². The molecule has 0 unspecified atom stereocenters. The molecule has 1 amide bonds. The van der Waals surface area contributed by atoms with Gasteiger partial charge in [0.05, 0.1) is 11.6 Å². The largest absolute Gasteiger partial charge is 0.461 e. The molecule has 3 fully saturated rings. The average molecular weight is 403 g/mol. The van der Waals surface area contributed by atoms with Gasteiger partial charge in [-0.1, -0.05) is 33.6 Å². The van der Waals surface area contributed by atoms with E-state index in [1.54, 1.807) is 11.3 Å². The van der Waals surface area contributed by atoms with Crippen LogP contribution in [0.15, 0.2) is 0 Å². The number of rotatable bonds is 2. The van der Waals surface area contributed by atoms with Crippen LogP contribution in [-0.2, 0) is 20.7 Å². The standard InChI is InChI=1S/C22H30N2O3S/c1-11-14-8-9-22(3)10-15-17(12(2)16(22)18(14)27-20(11)26)23-21(28-15)24-19(25)13-6-4-5-7-13/h11-14,16,18H,4-10H2,1-3H3,(H,23,24,25)/t11-,12+,14-,16+,18+,22+/m0/s1. The first kappa shape index (κ1) is 18.6. The Morgan fingerprint density at radius 3 is 2.71 bits per heavy atom. The highest BCUT2D eigenvalue weighted by Crippen LogP contribution is 2.59. The molecule has 2 heterocycles. The Bertz CT molecular complexity index is 815. The van der Waals surface area contributed by atoms with Crippen LogP contribution in [0.25, 0.3) is 0 Å². The summed E-state index contributed by atoms with van der Waals surface area (Å²) in [6, 6.07) is 0. The normalized spacial score (nSPS) is 39.8. The van der Waals surface area contributed by atoms with E-state index >= 15 is 0 Å². The molecule has 5 nitrogen and oxygen atoms in total. The lowest BCUT2D eigenvalue weighted by Gasteiger charge is -2.51. The van der Waals surface area contributed by atoms with Gasteiger partial charge in [-0.15, -0.1) is 11.3 Å². The first-order valence-corrected chi connectivity index (χ1v) is 11.7. The van der Waals surface area contributed by atoms with Crippen LogP contribution in [0.1, 0.15) is 75.8 Å². The van der Waals surface area contributed by atoms with E-state index in [2.05, 4.69) is 19.2 Å². The van der Waals surface area contributed by atoms with Gasteiger partial charge in [0.25, 0.3) is 0 Å². The number of carbonyl (C=O) groups excluding carboxylic acids is 2. The van der Waals surface area contributed by atoms with Crippen molar-refractivity contribution in [3.8, 4) is 0 Å². The van der Waals surface area contributed by atoms with Gasteiger partial charge >= 0.3 is 5.97 Å². The molecule has 6 atom stereocenters. The van der Waals surface area contributed by atoms with E-state index in [0.29, 0.717) is 11.8 Å². The highest BCUT2D eigenvalue weighted by molar-refractivity contribution is 7.15. The Balaban J connectivity index is 1.42. The molecule has 1 aromatic heterocycles. The number of esters is 1. The van der Waals surface area contributed by atoms with Crippen molar-refractivity contribution < 1.29 is 14.3 Å². The van der Waals surface area contributed by atoms with Crippen molar-refractivity contribution >= 4 is 28.3 Å². The van der Waals surface area contributed by atoms with E-state index in [-0.39, 0.29) is 41.1 Å². The maximum Gasteiger partial charge on any atom is 0.309 e. The summed E-state index contributed by atoms with van der Waals surface area (Å²) in [6.45, 7) is 6.62. The number of nitrogens with one attached hydrogen (secondary N) is 1. The number of carbonyl (C=O) groups is 2. The van der Waals surface area contributed by atoms with E-state index in [9.17, 15) is 9.59 Å². The molecule has 1 aromatic rings. The van der Waals surface area contributed by atoms with Crippen LogP contribution in [0.2, 0.25) is 0 Å². The number of fused-ring (bicyclic) bond motifs is 4. The van der Waals surface area contributed by atoms with Crippen molar-refractivity contribution in [2.24, 2.45) is 29.1 Å². The molecule has 0 spiro atoms. The van der Waals surface area contributed by atoms with Crippen LogP contribution in [-0.4, -0.2) is 23.0 Å². The van der Waals surface area contributed by atoms with Crippen LogP contribution in [0, 0.1) is 29.1 Å². The summed E-state index contributed by atoms with van der Waals surface area (Å²) in [4.78, 5) is 31.0. The molecule has 28 heavy (non-hydrogen) atoms. The number of hydrogen-bond acceptors (Lipinski definition) is 5. The topological polar surface area (TPSA) is 68.3 Å². The summed E-state index contributed by atoms with van der Waals surface area (Å²) in [5.41, 5.74) is 1.25. The Morgan fingerprint density at radius 1 is 1.21 bits per heavy atom. The van der Waals surface area contributed by atoms with Crippen LogP contribution in [0.5, 0.6) is 0 Å². The Labute approximate surface area is 170 Å². The predicted molar refractivity (Wildman–Crippen MR) is 108 cm³/mol. The zero-order chi connectivity index (χ0) is 19.6. The molecule has 0 bridgehead atoms. The second-order valence-electron chi connectivity index (χ2n) is 9.84. The molecular weight excluding hydrogens is 372 g/mol. The minimum atomic E-state index is -0.0277. The second-order valence-corrected chi connectivity index (χ2v) is 10.9. The summed E-state index contributed by atoms with van der Waals surface area (Å²) >= 11 is 1.66. The lowest BCUT2D eigenvalue weighted by Crippen LogP contribution is -2.50. The first-order chi connectivity index (χ1) is 13.4. The third kappa shape index (κ3) is 2.74. The van der Waals surface area contributed by atoms with Crippen molar-refractivity contribution in [2.75, 3.05) is 5.32 Å².